The highest BCUT2D eigenvalue weighted by molar-refractivity contribution is 6.09. The predicted molar refractivity (Wildman–Crippen MR) is 115 cm³/mol. The van der Waals surface area contributed by atoms with E-state index in [2.05, 4.69) is 10.6 Å². The van der Waals surface area contributed by atoms with Crippen LogP contribution in [0.3, 0.4) is 0 Å². The van der Waals surface area contributed by atoms with Gasteiger partial charge in [-0.3, -0.25) is 9.59 Å². The average Bonchev–Trinajstić information content (AvgIpc) is 3.16. The Labute approximate surface area is 178 Å². The van der Waals surface area contributed by atoms with E-state index in [9.17, 15) is 19.5 Å². The molecule has 0 saturated heterocycles. The summed E-state index contributed by atoms with van der Waals surface area (Å²) >= 11 is 0. The number of carbonyl (C=O) groups excluding carboxylic acids is 2. The Bertz CT molecular complexity index is 1240. The van der Waals surface area contributed by atoms with E-state index in [0.717, 1.165) is 11.3 Å². The van der Waals surface area contributed by atoms with Crippen LogP contribution in [-0.2, 0) is 28.3 Å². The van der Waals surface area contributed by atoms with Gasteiger partial charge in [0, 0.05) is 25.1 Å². The summed E-state index contributed by atoms with van der Waals surface area (Å²) in [5.41, 5.74) is 2.76. The molecule has 0 amide bonds. The van der Waals surface area contributed by atoms with E-state index in [-0.39, 0.29) is 24.4 Å². The molecule has 1 unspecified atom stereocenters. The number of fused-ring (bicyclic) bond motifs is 3. The second-order valence-corrected chi connectivity index (χ2v) is 8.15. The molecule has 0 radical (unpaired) electrons. The highest BCUT2D eigenvalue weighted by Crippen LogP contribution is 2.37. The number of carbonyl (C=O) groups is 2. The Morgan fingerprint density at radius 2 is 2.10 bits per heavy atom. The molecule has 160 valence electrons. The molecule has 5 rings (SSSR count). The quantitative estimate of drug-likeness (QED) is 0.652. The third-order valence-electron chi connectivity index (χ3n) is 6.41. The molecule has 3 N–H and O–H groups in total. The molecule has 0 saturated carbocycles. The normalized spacial score (nSPS) is 21.5. The minimum absolute atomic E-state index is 0.0597. The van der Waals surface area contributed by atoms with E-state index in [1.807, 2.05) is 25.1 Å². The number of hydrogen-bond acceptors (Lipinski definition) is 7. The highest BCUT2D eigenvalue weighted by atomic mass is 16.6. The first kappa shape index (κ1) is 19.6. The van der Waals surface area contributed by atoms with Crippen LogP contribution in [0, 0.1) is 6.92 Å². The monoisotopic (exact) mass is 421 g/mol. The minimum Gasteiger partial charge on any atom is -0.458 e. The number of nitrogens with one attached hydrogen (secondary N) is 2. The van der Waals surface area contributed by atoms with Crippen LogP contribution >= 0.6 is 0 Å². The second kappa shape index (κ2) is 6.81. The number of ketones is 1. The molecular weight excluding hydrogens is 398 g/mol. The molecule has 0 fully saturated rings. The summed E-state index contributed by atoms with van der Waals surface area (Å²) in [6.07, 6.45) is 2.38. The van der Waals surface area contributed by atoms with Gasteiger partial charge in [-0.25, -0.2) is 4.79 Å². The van der Waals surface area contributed by atoms with Crippen molar-refractivity contribution in [1.29, 1.82) is 0 Å². The van der Waals surface area contributed by atoms with Gasteiger partial charge in [0.15, 0.2) is 11.4 Å². The number of Topliss-reactive ketones (excluding diaryl/α,β-unsaturated/α-hetero) is 1. The van der Waals surface area contributed by atoms with Crippen LogP contribution in [0.25, 0.3) is 5.70 Å². The number of benzene rings is 1. The topological polar surface area (TPSA) is 110 Å². The molecule has 8 heteroatoms. The first-order chi connectivity index (χ1) is 14.8. The number of anilines is 2. The highest BCUT2D eigenvalue weighted by Gasteiger charge is 2.45. The number of pyridine rings is 1. The summed E-state index contributed by atoms with van der Waals surface area (Å²) < 4.78 is 6.66. The lowest BCUT2D eigenvalue weighted by atomic mass is 9.86. The molecule has 3 aliphatic rings. The molecule has 8 nitrogen and oxygen atoms in total. The Kier molecular flexibility index (Phi) is 4.30. The van der Waals surface area contributed by atoms with Gasteiger partial charge in [0.2, 0.25) is 0 Å². The minimum atomic E-state index is -1.85. The zero-order valence-corrected chi connectivity index (χ0v) is 17.4. The SMILES string of the molecule is CCC1(O)C(=O)OCc2c1cc1n(c2=O)CC=C1Nc1ccc(C)c2c1C(=O)CCN2. The van der Waals surface area contributed by atoms with Crippen molar-refractivity contribution in [2.45, 2.75) is 45.4 Å². The van der Waals surface area contributed by atoms with Crippen LogP contribution in [0.5, 0.6) is 0 Å². The number of hydrogen-bond donors (Lipinski definition) is 3. The van der Waals surface area contributed by atoms with Crippen LogP contribution in [0.15, 0.2) is 29.1 Å². The lowest BCUT2D eigenvalue weighted by molar-refractivity contribution is -0.172. The van der Waals surface area contributed by atoms with Gasteiger partial charge in [0.05, 0.1) is 33.9 Å². The van der Waals surface area contributed by atoms with E-state index >= 15 is 0 Å². The first-order valence-corrected chi connectivity index (χ1v) is 10.4. The summed E-state index contributed by atoms with van der Waals surface area (Å²) in [6, 6.07) is 5.49. The number of nitrogens with zero attached hydrogens (tertiary/aromatic N) is 1. The van der Waals surface area contributed by atoms with Crippen molar-refractivity contribution in [2.24, 2.45) is 0 Å². The van der Waals surface area contributed by atoms with Crippen molar-refractivity contribution >= 4 is 28.8 Å². The number of aliphatic hydroxyl groups is 1. The molecule has 2 aromatic rings. The van der Waals surface area contributed by atoms with Gasteiger partial charge in [-0.15, -0.1) is 0 Å². The first-order valence-electron chi connectivity index (χ1n) is 10.4. The average molecular weight is 421 g/mol. The Morgan fingerprint density at radius 1 is 1.29 bits per heavy atom. The smallest absolute Gasteiger partial charge is 0.343 e. The molecule has 1 aromatic heterocycles. The van der Waals surface area contributed by atoms with Crippen molar-refractivity contribution in [1.82, 2.24) is 4.57 Å². The maximum absolute atomic E-state index is 13.1. The Morgan fingerprint density at radius 3 is 2.87 bits per heavy atom. The fourth-order valence-electron chi connectivity index (χ4n) is 4.61. The van der Waals surface area contributed by atoms with Gasteiger partial charge in [-0.1, -0.05) is 13.0 Å². The van der Waals surface area contributed by atoms with Gasteiger partial charge in [-0.05, 0) is 37.1 Å². The number of aryl methyl sites for hydroxylation is 1. The fraction of sp³-hybridized carbons (Fsp3) is 0.348. The zero-order valence-electron chi connectivity index (χ0n) is 17.4. The van der Waals surface area contributed by atoms with E-state index < -0.39 is 11.6 Å². The Hall–Kier alpha value is -3.39. The summed E-state index contributed by atoms with van der Waals surface area (Å²) in [6.45, 7) is 4.43. The number of esters is 1. The third-order valence-corrected chi connectivity index (χ3v) is 6.41. The van der Waals surface area contributed by atoms with Crippen LogP contribution < -0.4 is 16.2 Å². The second-order valence-electron chi connectivity index (χ2n) is 8.15. The third kappa shape index (κ3) is 2.75. The lowest BCUT2D eigenvalue weighted by Crippen LogP contribution is -2.44. The number of rotatable bonds is 3. The van der Waals surface area contributed by atoms with Crippen LogP contribution in [0.1, 0.15) is 52.5 Å². The molecule has 1 aromatic carbocycles. The Balaban J connectivity index is 1.60. The summed E-state index contributed by atoms with van der Waals surface area (Å²) in [4.78, 5) is 38.0. The maximum atomic E-state index is 13.1. The van der Waals surface area contributed by atoms with Gasteiger partial charge in [0.25, 0.3) is 5.56 Å². The van der Waals surface area contributed by atoms with Gasteiger partial charge < -0.3 is 25.0 Å². The van der Waals surface area contributed by atoms with Crippen molar-refractivity contribution < 1.29 is 19.4 Å². The number of ether oxygens (including phenoxy) is 1. The molecule has 0 spiro atoms. The van der Waals surface area contributed by atoms with Gasteiger partial charge in [0.1, 0.15) is 6.61 Å². The van der Waals surface area contributed by atoms with Crippen molar-refractivity contribution in [3.8, 4) is 0 Å². The summed E-state index contributed by atoms with van der Waals surface area (Å²) in [5.74, 6) is -0.683. The standard InChI is InChI=1S/C23H23N3O5/c1-3-23(30)14-10-17-15(7-9-26(17)21(28)13(14)11-31-22(23)29)25-16-5-4-12(2)20-19(16)18(27)6-8-24-20/h4-5,7,10,24-25,30H,3,6,8-9,11H2,1-2H3. The largest absolute Gasteiger partial charge is 0.458 e. The van der Waals surface area contributed by atoms with E-state index in [1.165, 1.54) is 0 Å². The lowest BCUT2D eigenvalue weighted by Gasteiger charge is -2.32. The molecule has 3 aliphatic heterocycles. The van der Waals surface area contributed by atoms with Crippen molar-refractivity contribution in [3.05, 3.63) is 62.6 Å². The number of allylic oxidation sites excluding steroid dienone is 1. The van der Waals surface area contributed by atoms with Crippen LogP contribution in [-0.4, -0.2) is 28.0 Å². The van der Waals surface area contributed by atoms with Crippen molar-refractivity contribution in [2.75, 3.05) is 17.2 Å². The fourth-order valence-corrected chi connectivity index (χ4v) is 4.61. The van der Waals surface area contributed by atoms with Crippen molar-refractivity contribution in [3.63, 3.8) is 0 Å². The zero-order chi connectivity index (χ0) is 21.9. The molecular formula is C23H23N3O5. The van der Waals surface area contributed by atoms with E-state index in [1.54, 1.807) is 17.6 Å². The van der Waals surface area contributed by atoms with Gasteiger partial charge >= 0.3 is 5.97 Å². The number of cyclic esters (lactones) is 1. The molecule has 0 bridgehead atoms. The molecule has 0 aliphatic carbocycles. The molecule has 1 atom stereocenters. The maximum Gasteiger partial charge on any atom is 0.343 e. The van der Waals surface area contributed by atoms with E-state index in [0.29, 0.717) is 53.3 Å². The van der Waals surface area contributed by atoms with E-state index in [4.69, 9.17) is 4.74 Å². The molecule has 4 heterocycles. The van der Waals surface area contributed by atoms with Crippen LogP contribution in [0.2, 0.25) is 0 Å². The number of aromatic nitrogens is 1. The summed E-state index contributed by atoms with van der Waals surface area (Å²) in [5, 5.41) is 17.6. The molecule has 31 heavy (non-hydrogen) atoms. The predicted octanol–water partition coefficient (Wildman–Crippen LogP) is 2.28. The summed E-state index contributed by atoms with van der Waals surface area (Å²) in [7, 11) is 0. The van der Waals surface area contributed by atoms with Crippen LogP contribution in [0.4, 0.5) is 11.4 Å². The van der Waals surface area contributed by atoms with Gasteiger partial charge in [-0.2, -0.15) is 0 Å².